The summed E-state index contributed by atoms with van der Waals surface area (Å²) in [6.45, 7) is 0. The highest BCUT2D eigenvalue weighted by Crippen LogP contribution is 2.22. The summed E-state index contributed by atoms with van der Waals surface area (Å²) in [5.41, 5.74) is -0.569. The minimum absolute atomic E-state index is 0.0900. The first-order valence-electron chi connectivity index (χ1n) is 6.09. The molecule has 0 saturated carbocycles. The van der Waals surface area contributed by atoms with Gasteiger partial charge in [0.25, 0.3) is 5.69 Å². The van der Waals surface area contributed by atoms with Crippen LogP contribution in [-0.4, -0.2) is 44.3 Å². The topological polar surface area (TPSA) is 105 Å². The van der Waals surface area contributed by atoms with Gasteiger partial charge in [-0.3, -0.25) is 14.9 Å². The Kier molecular flexibility index (Phi) is 6.36. The van der Waals surface area contributed by atoms with Crippen LogP contribution in [0.2, 0.25) is 0 Å². The van der Waals surface area contributed by atoms with E-state index in [2.05, 4.69) is 4.74 Å². The van der Waals surface area contributed by atoms with E-state index >= 15 is 0 Å². The predicted octanol–water partition coefficient (Wildman–Crippen LogP) is 1.34. The monoisotopic (exact) mass is 309 g/mol. The lowest BCUT2D eigenvalue weighted by molar-refractivity contribution is -0.385. The van der Waals surface area contributed by atoms with E-state index in [0.29, 0.717) is 0 Å². The number of ketones is 1. The van der Waals surface area contributed by atoms with E-state index in [9.17, 15) is 19.7 Å². The summed E-state index contributed by atoms with van der Waals surface area (Å²) in [6.07, 6.45) is -0.231. The molecule has 0 heterocycles. The first-order valence-corrected chi connectivity index (χ1v) is 6.09. The van der Waals surface area contributed by atoms with Crippen LogP contribution in [-0.2, 0) is 23.8 Å². The Bertz CT molecular complexity index is 605. The number of benzene rings is 1. The molecule has 0 aliphatic rings. The van der Waals surface area contributed by atoms with E-state index in [0.717, 1.165) is 13.2 Å². The van der Waals surface area contributed by atoms with Crippen molar-refractivity contribution in [1.29, 1.82) is 0 Å². The number of nitrogens with zero attached hydrogens (tertiary/aromatic N) is 1. The van der Waals surface area contributed by atoms with Crippen molar-refractivity contribution in [3.05, 3.63) is 45.5 Å². The molecule has 0 radical (unpaired) electrons. The number of carbonyl (C=O) groups is 2. The maximum atomic E-state index is 12.2. The number of esters is 1. The molecule has 0 aliphatic carbocycles. The maximum absolute atomic E-state index is 12.2. The van der Waals surface area contributed by atoms with Crippen molar-refractivity contribution >= 4 is 23.5 Å². The molecule has 1 aromatic carbocycles. The largest absolute Gasteiger partial charge is 0.465 e. The lowest BCUT2D eigenvalue weighted by Crippen LogP contribution is -2.29. The molecule has 0 spiro atoms. The highest BCUT2D eigenvalue weighted by atomic mass is 16.7. The molecule has 118 valence electrons. The molecule has 22 heavy (non-hydrogen) atoms. The Morgan fingerprint density at radius 1 is 1.18 bits per heavy atom. The molecule has 0 atom stereocenters. The van der Waals surface area contributed by atoms with Crippen LogP contribution in [0.25, 0.3) is 6.08 Å². The van der Waals surface area contributed by atoms with E-state index < -0.39 is 28.5 Å². The molecule has 0 amide bonds. The van der Waals surface area contributed by atoms with Crippen LogP contribution < -0.4 is 0 Å². The van der Waals surface area contributed by atoms with Crippen LogP contribution in [0.15, 0.2) is 29.8 Å². The quantitative estimate of drug-likeness (QED) is 0.142. The van der Waals surface area contributed by atoms with E-state index in [1.165, 1.54) is 32.4 Å². The average molecular weight is 309 g/mol. The first-order chi connectivity index (χ1) is 10.5. The number of hydrogen-bond donors (Lipinski definition) is 0. The molecule has 0 saturated heterocycles. The number of carbonyl (C=O) groups excluding carboxylic acids is 2. The van der Waals surface area contributed by atoms with Crippen molar-refractivity contribution < 1.29 is 28.7 Å². The molecule has 0 fully saturated rings. The number of Topliss-reactive ketones (excluding diaryl/α,β-unsaturated/α-hetero) is 1. The Morgan fingerprint density at radius 3 is 2.27 bits per heavy atom. The van der Waals surface area contributed by atoms with Crippen molar-refractivity contribution in [2.75, 3.05) is 21.3 Å². The van der Waals surface area contributed by atoms with Crippen LogP contribution in [0.5, 0.6) is 0 Å². The molecule has 1 aromatic rings. The predicted molar refractivity (Wildman–Crippen MR) is 75.9 cm³/mol. The maximum Gasteiger partial charge on any atom is 0.341 e. The number of para-hydroxylation sites is 1. The highest BCUT2D eigenvalue weighted by molar-refractivity contribution is 6.22. The van der Waals surface area contributed by atoms with Gasteiger partial charge in [-0.1, -0.05) is 12.1 Å². The van der Waals surface area contributed by atoms with Gasteiger partial charge in [0.1, 0.15) is 5.57 Å². The van der Waals surface area contributed by atoms with Gasteiger partial charge in [-0.05, 0) is 12.1 Å². The summed E-state index contributed by atoms with van der Waals surface area (Å²) >= 11 is 0. The Morgan fingerprint density at radius 2 is 1.77 bits per heavy atom. The fourth-order valence-electron chi connectivity index (χ4n) is 1.71. The normalized spacial score (nSPS) is 11.4. The lowest BCUT2D eigenvalue weighted by atomic mass is 10.1. The third kappa shape index (κ3) is 3.96. The molecule has 8 heteroatoms. The van der Waals surface area contributed by atoms with Crippen molar-refractivity contribution in [3.8, 4) is 0 Å². The van der Waals surface area contributed by atoms with Crippen molar-refractivity contribution in [1.82, 2.24) is 0 Å². The molecular weight excluding hydrogens is 294 g/mol. The SMILES string of the molecule is COC(=O)C(=Cc1ccccc1[N+](=O)[O-])C(=O)C(OC)OC. The van der Waals surface area contributed by atoms with Crippen LogP contribution in [0, 0.1) is 10.1 Å². The van der Waals surface area contributed by atoms with Gasteiger partial charge in [-0.15, -0.1) is 0 Å². The second-order valence-corrected chi connectivity index (χ2v) is 4.03. The molecular formula is C14H15NO7. The minimum atomic E-state index is -1.31. The van der Waals surface area contributed by atoms with Crippen LogP contribution in [0.3, 0.4) is 0 Å². The standard InChI is InChI=1S/C14H15NO7/c1-20-13(17)10(12(16)14(21-2)22-3)8-9-6-4-5-7-11(9)15(18)19/h4-8,14H,1-3H3. The van der Waals surface area contributed by atoms with Gasteiger partial charge in [-0.2, -0.15) is 0 Å². The van der Waals surface area contributed by atoms with Gasteiger partial charge in [-0.25, -0.2) is 4.79 Å². The van der Waals surface area contributed by atoms with Crippen molar-refractivity contribution in [2.24, 2.45) is 0 Å². The van der Waals surface area contributed by atoms with Crippen molar-refractivity contribution in [3.63, 3.8) is 0 Å². The summed E-state index contributed by atoms with van der Waals surface area (Å²) in [7, 11) is 3.55. The number of nitro groups is 1. The third-order valence-electron chi connectivity index (χ3n) is 2.75. The summed E-state index contributed by atoms with van der Waals surface area (Å²) < 4.78 is 14.1. The van der Waals surface area contributed by atoms with Gasteiger partial charge in [0.05, 0.1) is 17.6 Å². The Balaban J connectivity index is 3.37. The van der Waals surface area contributed by atoms with Crippen LogP contribution in [0.4, 0.5) is 5.69 Å². The van der Waals surface area contributed by atoms with E-state index in [4.69, 9.17) is 9.47 Å². The number of nitro benzene ring substituents is 1. The van der Waals surface area contributed by atoms with E-state index in [-0.39, 0.29) is 11.3 Å². The zero-order valence-corrected chi connectivity index (χ0v) is 12.3. The van der Waals surface area contributed by atoms with Gasteiger partial charge in [0.2, 0.25) is 12.1 Å². The highest BCUT2D eigenvalue weighted by Gasteiger charge is 2.28. The Hall–Kier alpha value is -2.58. The Labute approximate surface area is 126 Å². The minimum Gasteiger partial charge on any atom is -0.465 e. The first kappa shape index (κ1) is 17.5. The second-order valence-electron chi connectivity index (χ2n) is 4.03. The number of rotatable bonds is 7. The lowest BCUT2D eigenvalue weighted by Gasteiger charge is -2.13. The van der Waals surface area contributed by atoms with Gasteiger partial charge in [0.15, 0.2) is 0 Å². The average Bonchev–Trinajstić information content (AvgIpc) is 2.53. The van der Waals surface area contributed by atoms with Crippen LogP contribution in [0.1, 0.15) is 5.56 Å². The van der Waals surface area contributed by atoms with E-state index in [1.54, 1.807) is 6.07 Å². The van der Waals surface area contributed by atoms with Crippen molar-refractivity contribution in [2.45, 2.75) is 6.29 Å². The van der Waals surface area contributed by atoms with Crippen LogP contribution >= 0.6 is 0 Å². The van der Waals surface area contributed by atoms with E-state index in [1.807, 2.05) is 0 Å². The molecule has 1 rings (SSSR count). The van der Waals surface area contributed by atoms with Gasteiger partial charge >= 0.3 is 5.97 Å². The fourth-order valence-corrected chi connectivity index (χ4v) is 1.71. The summed E-state index contributed by atoms with van der Waals surface area (Å²) in [4.78, 5) is 34.4. The number of ether oxygens (including phenoxy) is 3. The molecule has 8 nitrogen and oxygen atoms in total. The van der Waals surface area contributed by atoms with Gasteiger partial charge in [0, 0.05) is 20.3 Å². The third-order valence-corrected chi connectivity index (χ3v) is 2.75. The number of hydrogen-bond acceptors (Lipinski definition) is 7. The summed E-state index contributed by atoms with van der Waals surface area (Å²) in [5, 5.41) is 11.0. The molecule has 0 unspecified atom stereocenters. The second kappa shape index (κ2) is 8.01. The zero-order valence-electron chi connectivity index (χ0n) is 12.3. The summed E-state index contributed by atoms with van der Waals surface area (Å²) in [5.74, 6) is -1.74. The zero-order chi connectivity index (χ0) is 16.7. The summed E-state index contributed by atoms with van der Waals surface area (Å²) in [6, 6.07) is 5.68. The molecule has 0 aromatic heterocycles. The number of methoxy groups -OCH3 is 3. The van der Waals surface area contributed by atoms with Gasteiger partial charge < -0.3 is 14.2 Å². The smallest absolute Gasteiger partial charge is 0.341 e. The fraction of sp³-hybridized carbons (Fsp3) is 0.286. The molecule has 0 bridgehead atoms. The molecule has 0 aliphatic heterocycles. The molecule has 0 N–H and O–H groups in total.